The molecule has 0 aliphatic carbocycles. The van der Waals surface area contributed by atoms with Crippen LogP contribution in [-0.2, 0) is 19.1 Å². The summed E-state index contributed by atoms with van der Waals surface area (Å²) in [7, 11) is 0. The molecule has 1 unspecified atom stereocenters. The van der Waals surface area contributed by atoms with E-state index in [2.05, 4.69) is 13.8 Å². The van der Waals surface area contributed by atoms with Crippen molar-refractivity contribution in [1.29, 1.82) is 0 Å². The van der Waals surface area contributed by atoms with Gasteiger partial charge in [0.25, 0.3) is 0 Å². The molecule has 0 radical (unpaired) electrons. The van der Waals surface area contributed by atoms with E-state index in [4.69, 9.17) is 9.47 Å². The van der Waals surface area contributed by atoms with Gasteiger partial charge in [0.15, 0.2) is 0 Å². The molecule has 136 valence electrons. The first-order valence-electron chi connectivity index (χ1n) is 9.49. The summed E-state index contributed by atoms with van der Waals surface area (Å²) >= 11 is 0. The zero-order valence-electron chi connectivity index (χ0n) is 15.4. The molecule has 0 saturated heterocycles. The SMILES string of the molecule is CCCCCCCOC(=O)CCC(=O)OC(CC)CCCCC. The zero-order valence-corrected chi connectivity index (χ0v) is 15.4. The minimum atomic E-state index is -0.295. The van der Waals surface area contributed by atoms with E-state index in [0.29, 0.717) is 6.61 Å². The van der Waals surface area contributed by atoms with Gasteiger partial charge in [-0.15, -0.1) is 0 Å². The number of rotatable bonds is 15. The van der Waals surface area contributed by atoms with Crippen LogP contribution in [0.2, 0.25) is 0 Å². The van der Waals surface area contributed by atoms with Gasteiger partial charge in [-0.3, -0.25) is 9.59 Å². The van der Waals surface area contributed by atoms with Crippen LogP contribution in [-0.4, -0.2) is 24.6 Å². The van der Waals surface area contributed by atoms with Crippen molar-refractivity contribution in [3.8, 4) is 0 Å². The van der Waals surface area contributed by atoms with Gasteiger partial charge in [-0.25, -0.2) is 0 Å². The predicted molar refractivity (Wildman–Crippen MR) is 93.3 cm³/mol. The van der Waals surface area contributed by atoms with Crippen LogP contribution in [0.3, 0.4) is 0 Å². The molecule has 0 fully saturated rings. The Morgan fingerprint density at radius 1 is 0.783 bits per heavy atom. The van der Waals surface area contributed by atoms with E-state index in [-0.39, 0.29) is 30.9 Å². The molecule has 0 spiro atoms. The number of carbonyl (C=O) groups is 2. The van der Waals surface area contributed by atoms with Crippen molar-refractivity contribution >= 4 is 11.9 Å². The quantitative estimate of drug-likeness (QED) is 0.307. The summed E-state index contributed by atoms with van der Waals surface area (Å²) < 4.78 is 10.6. The largest absolute Gasteiger partial charge is 0.466 e. The molecule has 0 aromatic rings. The third kappa shape index (κ3) is 14.3. The van der Waals surface area contributed by atoms with Crippen LogP contribution in [0.1, 0.15) is 97.8 Å². The van der Waals surface area contributed by atoms with E-state index in [1.165, 1.54) is 25.7 Å². The van der Waals surface area contributed by atoms with Crippen LogP contribution >= 0.6 is 0 Å². The zero-order chi connectivity index (χ0) is 17.3. The monoisotopic (exact) mass is 328 g/mol. The van der Waals surface area contributed by atoms with Gasteiger partial charge >= 0.3 is 11.9 Å². The molecule has 0 aliphatic heterocycles. The Bertz CT molecular complexity index is 302. The Balaban J connectivity index is 3.67. The minimum Gasteiger partial charge on any atom is -0.466 e. The lowest BCUT2D eigenvalue weighted by Gasteiger charge is -2.15. The number of hydrogen-bond acceptors (Lipinski definition) is 4. The van der Waals surface area contributed by atoms with E-state index >= 15 is 0 Å². The molecule has 0 rings (SSSR count). The van der Waals surface area contributed by atoms with E-state index in [9.17, 15) is 9.59 Å². The first-order valence-corrected chi connectivity index (χ1v) is 9.49. The Morgan fingerprint density at radius 2 is 1.39 bits per heavy atom. The third-order valence-electron chi connectivity index (χ3n) is 3.93. The van der Waals surface area contributed by atoms with E-state index < -0.39 is 0 Å². The van der Waals surface area contributed by atoms with Crippen LogP contribution in [0, 0.1) is 0 Å². The van der Waals surface area contributed by atoms with Gasteiger partial charge in [0, 0.05) is 0 Å². The molecule has 0 bridgehead atoms. The highest BCUT2D eigenvalue weighted by atomic mass is 16.5. The van der Waals surface area contributed by atoms with Crippen LogP contribution in [0.5, 0.6) is 0 Å². The predicted octanol–water partition coefficient (Wildman–Crippen LogP) is 5.18. The second kappa shape index (κ2) is 15.8. The van der Waals surface area contributed by atoms with Gasteiger partial charge in [0.2, 0.25) is 0 Å². The van der Waals surface area contributed by atoms with Crippen LogP contribution in [0.15, 0.2) is 0 Å². The molecule has 0 N–H and O–H groups in total. The number of unbranched alkanes of at least 4 members (excludes halogenated alkanes) is 6. The number of hydrogen-bond donors (Lipinski definition) is 0. The number of esters is 2. The fraction of sp³-hybridized carbons (Fsp3) is 0.895. The van der Waals surface area contributed by atoms with Gasteiger partial charge in [0.05, 0.1) is 19.4 Å². The molecule has 4 nitrogen and oxygen atoms in total. The van der Waals surface area contributed by atoms with Crippen molar-refractivity contribution < 1.29 is 19.1 Å². The van der Waals surface area contributed by atoms with Crippen molar-refractivity contribution in [1.82, 2.24) is 0 Å². The Hall–Kier alpha value is -1.06. The summed E-state index contributed by atoms with van der Waals surface area (Å²) in [6, 6.07) is 0. The summed E-state index contributed by atoms with van der Waals surface area (Å²) in [6.45, 7) is 6.82. The Kier molecular flexibility index (Phi) is 15.1. The summed E-state index contributed by atoms with van der Waals surface area (Å²) in [4.78, 5) is 23.3. The van der Waals surface area contributed by atoms with Crippen molar-refractivity contribution in [3.05, 3.63) is 0 Å². The molecule has 0 aliphatic rings. The van der Waals surface area contributed by atoms with Crippen molar-refractivity contribution in [3.63, 3.8) is 0 Å². The highest BCUT2D eigenvalue weighted by molar-refractivity contribution is 5.77. The smallest absolute Gasteiger partial charge is 0.306 e. The second-order valence-electron chi connectivity index (χ2n) is 6.15. The average Bonchev–Trinajstić information content (AvgIpc) is 2.55. The maximum atomic E-state index is 11.8. The van der Waals surface area contributed by atoms with Crippen LogP contribution in [0.4, 0.5) is 0 Å². The Labute approximate surface area is 142 Å². The molecule has 0 saturated carbocycles. The summed E-state index contributed by atoms with van der Waals surface area (Å²) in [5.74, 6) is -0.579. The molecule has 4 heteroatoms. The molecule has 0 amide bonds. The van der Waals surface area contributed by atoms with E-state index in [1.54, 1.807) is 0 Å². The molecule has 0 aromatic heterocycles. The fourth-order valence-electron chi connectivity index (χ4n) is 2.38. The van der Waals surface area contributed by atoms with Crippen molar-refractivity contribution in [2.75, 3.05) is 6.61 Å². The first-order chi connectivity index (χ1) is 11.1. The molecule has 23 heavy (non-hydrogen) atoms. The Morgan fingerprint density at radius 3 is 2.04 bits per heavy atom. The lowest BCUT2D eigenvalue weighted by molar-refractivity contribution is -0.154. The van der Waals surface area contributed by atoms with Gasteiger partial charge in [-0.2, -0.15) is 0 Å². The highest BCUT2D eigenvalue weighted by Gasteiger charge is 2.14. The van der Waals surface area contributed by atoms with E-state index in [0.717, 1.165) is 38.5 Å². The normalized spacial score (nSPS) is 12.0. The summed E-state index contributed by atoms with van der Waals surface area (Å²) in [5.41, 5.74) is 0. The van der Waals surface area contributed by atoms with Crippen molar-refractivity contribution in [2.45, 2.75) is 104 Å². The first kappa shape index (κ1) is 21.9. The maximum Gasteiger partial charge on any atom is 0.306 e. The molecule has 1 atom stereocenters. The topological polar surface area (TPSA) is 52.6 Å². The van der Waals surface area contributed by atoms with Crippen molar-refractivity contribution in [2.24, 2.45) is 0 Å². The highest BCUT2D eigenvalue weighted by Crippen LogP contribution is 2.11. The number of ether oxygens (including phenoxy) is 2. The maximum absolute atomic E-state index is 11.8. The summed E-state index contributed by atoms with van der Waals surface area (Å²) in [5, 5.41) is 0. The molecule has 0 heterocycles. The van der Waals surface area contributed by atoms with E-state index in [1.807, 2.05) is 6.92 Å². The summed E-state index contributed by atoms with van der Waals surface area (Å²) in [6.07, 6.45) is 11.0. The standard InChI is InChI=1S/C19H36O4/c1-4-7-9-10-12-16-22-18(20)14-15-19(21)23-17(6-3)13-11-8-5-2/h17H,4-16H2,1-3H3. The van der Waals surface area contributed by atoms with Gasteiger partial charge < -0.3 is 9.47 Å². The molecular formula is C19H36O4. The van der Waals surface area contributed by atoms with Crippen LogP contribution in [0.25, 0.3) is 0 Å². The lowest BCUT2D eigenvalue weighted by Crippen LogP contribution is -2.18. The molecular weight excluding hydrogens is 292 g/mol. The second-order valence-corrected chi connectivity index (χ2v) is 6.15. The fourth-order valence-corrected chi connectivity index (χ4v) is 2.38. The lowest BCUT2D eigenvalue weighted by atomic mass is 10.1. The number of carbonyl (C=O) groups excluding carboxylic acids is 2. The van der Waals surface area contributed by atoms with Gasteiger partial charge in [0.1, 0.15) is 6.10 Å². The van der Waals surface area contributed by atoms with Gasteiger partial charge in [-0.1, -0.05) is 59.3 Å². The average molecular weight is 328 g/mol. The van der Waals surface area contributed by atoms with Crippen LogP contribution < -0.4 is 0 Å². The third-order valence-corrected chi connectivity index (χ3v) is 3.93. The minimum absolute atomic E-state index is 0.0105. The van der Waals surface area contributed by atoms with Gasteiger partial charge in [-0.05, 0) is 25.7 Å². The molecule has 0 aromatic carbocycles.